The Kier molecular flexibility index (Phi) is 2.63. The molecule has 1 aromatic heterocycles. The van der Waals surface area contributed by atoms with E-state index in [-0.39, 0.29) is 5.69 Å². The van der Waals surface area contributed by atoms with E-state index >= 15 is 0 Å². The minimum Gasteiger partial charge on any atom is -0.326 e. The van der Waals surface area contributed by atoms with Gasteiger partial charge in [0.05, 0.1) is 11.9 Å². The van der Waals surface area contributed by atoms with Crippen LogP contribution >= 0.6 is 0 Å². The predicted molar refractivity (Wildman–Crippen MR) is 63.3 cm³/mol. The van der Waals surface area contributed by atoms with E-state index in [0.29, 0.717) is 12.5 Å². The second kappa shape index (κ2) is 4.17. The Morgan fingerprint density at radius 1 is 1.33 bits per heavy atom. The fraction of sp³-hybridized carbons (Fsp3) is 0.308. The van der Waals surface area contributed by atoms with Gasteiger partial charge in [0.15, 0.2) is 5.82 Å². The van der Waals surface area contributed by atoms with Crippen LogP contribution in [0.1, 0.15) is 30.0 Å². The molecule has 3 nitrogen and oxygen atoms in total. The molecule has 94 valence electrons. The first-order chi connectivity index (χ1) is 8.70. The third-order valence-electron chi connectivity index (χ3n) is 3.21. The normalized spacial score (nSPS) is 15.1. The maximum Gasteiger partial charge on any atom is 0.151 e. The highest BCUT2D eigenvalue weighted by molar-refractivity contribution is 5.39. The molecule has 0 amide bonds. The Labute approximate surface area is 103 Å². The third kappa shape index (κ3) is 1.80. The lowest BCUT2D eigenvalue weighted by atomic mass is 10.1. The van der Waals surface area contributed by atoms with Crippen molar-refractivity contribution in [2.75, 3.05) is 0 Å². The molecule has 3 rings (SSSR count). The number of benzene rings is 1. The van der Waals surface area contributed by atoms with Crippen molar-refractivity contribution in [2.24, 2.45) is 5.73 Å². The van der Waals surface area contributed by atoms with Crippen LogP contribution in [0.25, 0.3) is 5.69 Å². The first-order valence-corrected chi connectivity index (χ1v) is 5.93. The number of rotatable bonds is 3. The van der Waals surface area contributed by atoms with Gasteiger partial charge in [-0.05, 0) is 25.0 Å². The largest absolute Gasteiger partial charge is 0.326 e. The molecule has 2 N–H and O–H groups in total. The summed E-state index contributed by atoms with van der Waals surface area (Å²) in [6.07, 6.45) is 3.81. The molecule has 0 spiro atoms. The summed E-state index contributed by atoms with van der Waals surface area (Å²) >= 11 is 0. The highest BCUT2D eigenvalue weighted by Gasteiger charge is 2.30. The molecule has 1 aliphatic rings. The molecule has 1 saturated carbocycles. The average molecular weight is 249 g/mol. The first kappa shape index (κ1) is 11.3. The lowest BCUT2D eigenvalue weighted by Crippen LogP contribution is -2.06. The number of nitrogens with zero attached hydrogens (tertiary/aromatic N) is 2. The van der Waals surface area contributed by atoms with E-state index in [1.54, 1.807) is 10.9 Å². The van der Waals surface area contributed by atoms with Crippen LogP contribution in [-0.2, 0) is 6.54 Å². The summed E-state index contributed by atoms with van der Waals surface area (Å²) in [5, 5.41) is 4.18. The topological polar surface area (TPSA) is 43.8 Å². The summed E-state index contributed by atoms with van der Waals surface area (Å²) < 4.78 is 28.2. The zero-order chi connectivity index (χ0) is 12.7. The van der Waals surface area contributed by atoms with E-state index in [2.05, 4.69) is 5.10 Å². The van der Waals surface area contributed by atoms with Crippen molar-refractivity contribution in [3.8, 4) is 5.69 Å². The molecule has 5 heteroatoms. The minimum atomic E-state index is -0.608. The Morgan fingerprint density at radius 2 is 2.11 bits per heavy atom. The van der Waals surface area contributed by atoms with Crippen LogP contribution in [0.4, 0.5) is 8.78 Å². The van der Waals surface area contributed by atoms with Gasteiger partial charge in [-0.1, -0.05) is 0 Å². The third-order valence-corrected chi connectivity index (χ3v) is 3.21. The number of halogens is 2. The molecule has 2 aromatic rings. The molecular formula is C13H13F2N3. The molecule has 1 fully saturated rings. The van der Waals surface area contributed by atoms with E-state index < -0.39 is 11.6 Å². The monoisotopic (exact) mass is 249 g/mol. The molecule has 0 atom stereocenters. The molecule has 0 bridgehead atoms. The van der Waals surface area contributed by atoms with Crippen molar-refractivity contribution in [3.63, 3.8) is 0 Å². The summed E-state index contributed by atoms with van der Waals surface area (Å²) in [5.74, 6) is -0.797. The smallest absolute Gasteiger partial charge is 0.151 e. The summed E-state index contributed by atoms with van der Waals surface area (Å²) in [7, 11) is 0. The number of aromatic nitrogens is 2. The molecular weight excluding hydrogens is 236 g/mol. The average Bonchev–Trinajstić information content (AvgIpc) is 3.09. The van der Waals surface area contributed by atoms with Crippen LogP contribution in [0.15, 0.2) is 24.4 Å². The van der Waals surface area contributed by atoms with Gasteiger partial charge in [-0.3, -0.25) is 0 Å². The van der Waals surface area contributed by atoms with Crippen molar-refractivity contribution in [3.05, 3.63) is 47.3 Å². The number of hydrogen-bond acceptors (Lipinski definition) is 2. The van der Waals surface area contributed by atoms with Gasteiger partial charge in [0.2, 0.25) is 0 Å². The Morgan fingerprint density at radius 3 is 2.72 bits per heavy atom. The molecule has 0 saturated heterocycles. The summed E-state index contributed by atoms with van der Waals surface area (Å²) in [4.78, 5) is 0. The van der Waals surface area contributed by atoms with Crippen LogP contribution in [0.3, 0.4) is 0 Å². The Hall–Kier alpha value is -1.75. The maximum atomic E-state index is 13.8. The van der Waals surface area contributed by atoms with Crippen LogP contribution in [-0.4, -0.2) is 9.78 Å². The van der Waals surface area contributed by atoms with Gasteiger partial charge >= 0.3 is 0 Å². The van der Waals surface area contributed by atoms with Crippen molar-refractivity contribution in [1.82, 2.24) is 9.78 Å². The predicted octanol–water partition coefficient (Wildman–Crippen LogP) is 2.49. The van der Waals surface area contributed by atoms with Gasteiger partial charge in [0, 0.05) is 24.1 Å². The number of hydrogen-bond donors (Lipinski definition) is 1. The number of nitrogens with two attached hydrogens (primary N) is 1. The maximum absolute atomic E-state index is 13.8. The van der Waals surface area contributed by atoms with Gasteiger partial charge in [0.1, 0.15) is 11.5 Å². The van der Waals surface area contributed by atoms with E-state index in [1.165, 1.54) is 12.1 Å². The van der Waals surface area contributed by atoms with Crippen molar-refractivity contribution >= 4 is 0 Å². The second-order valence-corrected chi connectivity index (χ2v) is 4.54. The van der Waals surface area contributed by atoms with Crippen molar-refractivity contribution in [2.45, 2.75) is 25.3 Å². The zero-order valence-corrected chi connectivity index (χ0v) is 9.74. The van der Waals surface area contributed by atoms with Crippen molar-refractivity contribution in [1.29, 1.82) is 0 Å². The van der Waals surface area contributed by atoms with Crippen LogP contribution in [0.5, 0.6) is 0 Å². The van der Waals surface area contributed by atoms with E-state index in [1.807, 2.05) is 0 Å². The molecule has 18 heavy (non-hydrogen) atoms. The highest BCUT2D eigenvalue weighted by atomic mass is 19.1. The molecule has 1 aliphatic carbocycles. The molecule has 0 aliphatic heterocycles. The van der Waals surface area contributed by atoms with Crippen LogP contribution in [0, 0.1) is 11.6 Å². The molecule has 1 heterocycles. The lowest BCUT2D eigenvalue weighted by Gasteiger charge is -2.09. The van der Waals surface area contributed by atoms with Crippen molar-refractivity contribution < 1.29 is 8.78 Å². The fourth-order valence-electron chi connectivity index (χ4n) is 2.19. The highest BCUT2D eigenvalue weighted by Crippen LogP contribution is 2.42. The van der Waals surface area contributed by atoms with Gasteiger partial charge < -0.3 is 5.73 Å². The molecule has 0 unspecified atom stereocenters. The zero-order valence-electron chi connectivity index (χ0n) is 9.74. The summed E-state index contributed by atoms with van der Waals surface area (Å²) in [6.45, 7) is 0.384. The summed E-state index contributed by atoms with van der Waals surface area (Å²) in [6, 6.07) is 3.51. The van der Waals surface area contributed by atoms with Gasteiger partial charge in [-0.15, -0.1) is 0 Å². The quantitative estimate of drug-likeness (QED) is 0.908. The molecule has 0 radical (unpaired) electrons. The van der Waals surface area contributed by atoms with Gasteiger partial charge in [-0.25, -0.2) is 13.5 Å². The van der Waals surface area contributed by atoms with Gasteiger partial charge in [0.25, 0.3) is 0 Å². The molecule has 1 aromatic carbocycles. The minimum absolute atomic E-state index is 0.276. The van der Waals surface area contributed by atoms with E-state index in [4.69, 9.17) is 5.73 Å². The van der Waals surface area contributed by atoms with E-state index in [9.17, 15) is 8.78 Å². The van der Waals surface area contributed by atoms with E-state index in [0.717, 1.165) is 30.2 Å². The SMILES string of the molecule is NCc1cnn(-c2ccc(F)cc2F)c1C1CC1. The lowest BCUT2D eigenvalue weighted by molar-refractivity contribution is 0.571. The second-order valence-electron chi connectivity index (χ2n) is 4.54. The Balaban J connectivity index is 2.13. The Bertz CT molecular complexity index is 588. The van der Waals surface area contributed by atoms with Crippen LogP contribution < -0.4 is 5.73 Å². The van der Waals surface area contributed by atoms with Gasteiger partial charge in [-0.2, -0.15) is 5.10 Å². The summed E-state index contributed by atoms with van der Waals surface area (Å²) in [5.41, 5.74) is 7.83. The fourth-order valence-corrected chi connectivity index (χ4v) is 2.19. The standard InChI is InChI=1S/C13H13F2N3/c14-10-3-4-12(11(15)5-10)18-13(8-1-2-8)9(6-16)7-17-18/h3-5,7-8H,1-2,6,16H2. The first-order valence-electron chi connectivity index (χ1n) is 5.93. The van der Waals surface area contributed by atoms with Crippen LogP contribution in [0.2, 0.25) is 0 Å².